The molecule has 0 radical (unpaired) electrons. The minimum absolute atomic E-state index is 0. The number of nitriles is 1. The summed E-state index contributed by atoms with van der Waals surface area (Å²) in [4.78, 5) is 0. The van der Waals surface area contributed by atoms with Gasteiger partial charge in [0.2, 0.25) is 0 Å². The van der Waals surface area contributed by atoms with Crippen molar-refractivity contribution in [2.45, 2.75) is 0 Å². The fraction of sp³-hybridized carbons (Fsp3) is 0.194. The van der Waals surface area contributed by atoms with E-state index in [4.69, 9.17) is 16.9 Å². The van der Waals surface area contributed by atoms with Crippen LogP contribution in [0.5, 0.6) is 0 Å². The molecule has 0 N–H and O–H groups in total. The second-order valence-electron chi connectivity index (χ2n) is 8.28. The summed E-state index contributed by atoms with van der Waals surface area (Å²) in [6, 6.07) is 40.8. The largest absolute Gasteiger partial charge is 0.192 e. The zero-order chi connectivity index (χ0) is 26.8. The maximum absolute atomic E-state index is 8.38. The molecule has 0 aliphatic heterocycles. The van der Waals surface area contributed by atoms with Gasteiger partial charge < -0.3 is 0 Å². The average Bonchev–Trinajstić information content (AvgIpc) is 2.91. The standard InChI is InChI=1S/3C8H11P.C7H4ClN.W/c3*1-9(2)8-6-4-3-5-7-8;8-7-4-2-1-3-6(7)5-9;/h3*3-7H,1-2H3;1-4H;. The van der Waals surface area contributed by atoms with Gasteiger partial charge in [-0.2, -0.15) is 5.26 Å². The first-order chi connectivity index (χ1) is 17.3. The quantitative estimate of drug-likeness (QED) is 0.194. The molecule has 6 heteroatoms. The Morgan fingerprint density at radius 2 is 0.757 bits per heavy atom. The molecule has 4 rings (SSSR count). The van der Waals surface area contributed by atoms with Crippen LogP contribution in [0.25, 0.3) is 0 Å². The minimum Gasteiger partial charge on any atom is -0.192 e. The first-order valence-corrected chi connectivity index (χ1v) is 18.7. The Morgan fingerprint density at radius 1 is 0.486 bits per heavy atom. The van der Waals surface area contributed by atoms with Crippen molar-refractivity contribution in [2.24, 2.45) is 0 Å². The second-order valence-corrected chi connectivity index (χ2v) is 15.6. The monoisotopic (exact) mass is 735 g/mol. The van der Waals surface area contributed by atoms with E-state index in [2.05, 4.69) is 131 Å². The number of rotatable bonds is 3. The van der Waals surface area contributed by atoms with Crippen LogP contribution in [0.4, 0.5) is 0 Å². The summed E-state index contributed by atoms with van der Waals surface area (Å²) in [5.41, 5.74) is 0.527. The smallest absolute Gasteiger partial charge is 0.101 e. The van der Waals surface area contributed by atoms with Crippen molar-refractivity contribution in [2.75, 3.05) is 40.0 Å². The summed E-state index contributed by atoms with van der Waals surface area (Å²) in [6.45, 7) is 13.6. The summed E-state index contributed by atoms with van der Waals surface area (Å²) >= 11 is 5.60. The van der Waals surface area contributed by atoms with Crippen molar-refractivity contribution in [1.29, 1.82) is 5.26 Å². The Morgan fingerprint density at radius 3 is 0.946 bits per heavy atom. The predicted octanol–water partition coefficient (Wildman–Crippen LogP) is 8.37. The number of nitrogens with zero attached hydrogens (tertiary/aromatic N) is 1. The van der Waals surface area contributed by atoms with Crippen molar-refractivity contribution in [3.8, 4) is 6.07 Å². The third-order valence-corrected chi connectivity index (χ3v) is 9.13. The van der Waals surface area contributed by atoms with Gasteiger partial charge >= 0.3 is 0 Å². The molecule has 0 spiro atoms. The molecular formula is C31H37ClNP3W. The van der Waals surface area contributed by atoms with Crippen LogP contribution in [0.15, 0.2) is 115 Å². The average molecular weight is 736 g/mol. The van der Waals surface area contributed by atoms with Crippen LogP contribution in [0, 0.1) is 11.3 Å². The first kappa shape index (κ1) is 35.6. The Labute approximate surface area is 248 Å². The SMILES string of the molecule is CP(C)c1ccccc1.CP(C)c1ccccc1.CP(C)c1ccccc1.N#Cc1ccccc1Cl.[W]. The normalized spacial score (nSPS) is 9.43. The fourth-order valence-electron chi connectivity index (χ4n) is 2.73. The molecular weight excluding hydrogens is 699 g/mol. The van der Waals surface area contributed by atoms with Gasteiger partial charge in [0.1, 0.15) is 6.07 Å². The van der Waals surface area contributed by atoms with E-state index in [9.17, 15) is 0 Å². The van der Waals surface area contributed by atoms with E-state index >= 15 is 0 Å². The Kier molecular flexibility index (Phi) is 20.8. The van der Waals surface area contributed by atoms with Gasteiger partial charge in [0, 0.05) is 21.1 Å². The van der Waals surface area contributed by atoms with Gasteiger partial charge in [0.25, 0.3) is 0 Å². The summed E-state index contributed by atoms with van der Waals surface area (Å²) < 4.78 is 0. The van der Waals surface area contributed by atoms with Crippen molar-refractivity contribution in [1.82, 2.24) is 0 Å². The van der Waals surface area contributed by atoms with E-state index in [-0.39, 0.29) is 44.8 Å². The molecule has 194 valence electrons. The first-order valence-electron chi connectivity index (χ1n) is 11.6. The van der Waals surface area contributed by atoms with Gasteiger partial charge in [-0.05, 0) is 68.0 Å². The molecule has 0 unspecified atom stereocenters. The Balaban J connectivity index is 0.000000463. The Hall–Kier alpha value is -1.36. The zero-order valence-corrected chi connectivity index (χ0v) is 28.9. The van der Waals surface area contributed by atoms with E-state index < -0.39 is 0 Å². The number of benzene rings is 4. The van der Waals surface area contributed by atoms with Crippen LogP contribution >= 0.6 is 35.4 Å². The predicted molar refractivity (Wildman–Crippen MR) is 171 cm³/mol. The van der Waals surface area contributed by atoms with Crippen molar-refractivity contribution < 1.29 is 21.1 Å². The fourth-order valence-corrected chi connectivity index (χ4v) is 5.21. The van der Waals surface area contributed by atoms with Gasteiger partial charge in [-0.25, -0.2) is 0 Å². The van der Waals surface area contributed by atoms with Gasteiger partial charge in [0.05, 0.1) is 10.6 Å². The molecule has 4 aromatic carbocycles. The third-order valence-electron chi connectivity index (χ3n) is 4.81. The zero-order valence-electron chi connectivity index (χ0n) is 22.5. The molecule has 0 saturated carbocycles. The summed E-state index contributed by atoms with van der Waals surface area (Å²) in [7, 11) is 0.313. The Bertz CT molecular complexity index is 1030. The van der Waals surface area contributed by atoms with Crippen LogP contribution < -0.4 is 15.9 Å². The van der Waals surface area contributed by atoms with Crippen LogP contribution in [0.3, 0.4) is 0 Å². The minimum atomic E-state index is 0. The van der Waals surface area contributed by atoms with Crippen LogP contribution in [-0.2, 0) is 21.1 Å². The van der Waals surface area contributed by atoms with Crippen LogP contribution in [0.1, 0.15) is 5.56 Å². The molecule has 0 bridgehead atoms. The van der Waals surface area contributed by atoms with E-state index in [0.717, 1.165) is 0 Å². The summed E-state index contributed by atoms with van der Waals surface area (Å²) in [5.74, 6) is 0. The topological polar surface area (TPSA) is 23.8 Å². The maximum atomic E-state index is 8.38. The molecule has 0 fully saturated rings. The summed E-state index contributed by atoms with van der Waals surface area (Å²) in [5, 5.41) is 13.3. The van der Waals surface area contributed by atoms with E-state index in [1.54, 1.807) is 24.3 Å². The van der Waals surface area contributed by atoms with E-state index in [0.29, 0.717) is 10.6 Å². The van der Waals surface area contributed by atoms with Gasteiger partial charge in [-0.1, -0.05) is 138 Å². The molecule has 0 aliphatic rings. The maximum Gasteiger partial charge on any atom is 0.101 e. The van der Waals surface area contributed by atoms with Crippen LogP contribution in [0.2, 0.25) is 5.02 Å². The molecule has 4 aromatic rings. The molecule has 37 heavy (non-hydrogen) atoms. The molecule has 1 nitrogen and oxygen atoms in total. The van der Waals surface area contributed by atoms with Crippen LogP contribution in [-0.4, -0.2) is 40.0 Å². The van der Waals surface area contributed by atoms with Crippen molar-refractivity contribution in [3.05, 3.63) is 126 Å². The second kappa shape index (κ2) is 21.6. The van der Waals surface area contributed by atoms with Gasteiger partial charge in [-0.3, -0.25) is 0 Å². The number of hydrogen-bond donors (Lipinski definition) is 0. The van der Waals surface area contributed by atoms with Crippen molar-refractivity contribution in [3.63, 3.8) is 0 Å². The molecule has 0 amide bonds. The molecule has 0 saturated heterocycles. The molecule has 0 heterocycles. The van der Waals surface area contributed by atoms with Gasteiger partial charge in [0.15, 0.2) is 0 Å². The van der Waals surface area contributed by atoms with E-state index in [1.165, 1.54) is 15.9 Å². The molecule has 0 aromatic heterocycles. The molecule has 0 aliphatic carbocycles. The number of hydrogen-bond acceptors (Lipinski definition) is 1. The van der Waals surface area contributed by atoms with Crippen molar-refractivity contribution >= 4 is 51.3 Å². The summed E-state index contributed by atoms with van der Waals surface area (Å²) in [6.07, 6.45) is 0. The number of halogens is 1. The molecule has 0 atom stereocenters. The third kappa shape index (κ3) is 16.3. The van der Waals surface area contributed by atoms with Gasteiger partial charge in [-0.15, -0.1) is 0 Å². The van der Waals surface area contributed by atoms with E-state index in [1.807, 2.05) is 6.07 Å².